The van der Waals surface area contributed by atoms with Gasteiger partial charge in [0.15, 0.2) is 0 Å². The fourth-order valence-electron chi connectivity index (χ4n) is 4.42. The van der Waals surface area contributed by atoms with Crippen molar-refractivity contribution in [3.05, 3.63) is 75.5 Å². The number of halogens is 3. The summed E-state index contributed by atoms with van der Waals surface area (Å²) in [6.07, 6.45) is 0.362. The van der Waals surface area contributed by atoms with Crippen LogP contribution in [0, 0.1) is 0 Å². The number of rotatable bonds is 10. The number of benzene rings is 2. The summed E-state index contributed by atoms with van der Waals surface area (Å²) in [6, 6.07) is 14.5. The molecule has 2 aromatic carbocycles. The number of carbonyl (C=O) groups is 1. The first-order chi connectivity index (χ1) is 18.4. The lowest BCUT2D eigenvalue weighted by atomic mass is 10.1. The average Bonchev–Trinajstić information content (AvgIpc) is 3.33. The van der Waals surface area contributed by atoms with E-state index < -0.39 is 18.9 Å². The number of alkyl halides is 1. The van der Waals surface area contributed by atoms with E-state index in [1.807, 2.05) is 50.2 Å². The SMILES string of the molecule is CCc1nc(-c2ccc(Cl)cc2Cl)c(CC)nc1NC1CN(C(=O)OCc2ccccc2)CC1OCCF. The van der Waals surface area contributed by atoms with Crippen LogP contribution in [0.2, 0.25) is 10.0 Å². The number of hydrogen-bond donors (Lipinski definition) is 1. The molecule has 1 aliphatic rings. The van der Waals surface area contributed by atoms with Crippen molar-refractivity contribution in [3.63, 3.8) is 0 Å². The lowest BCUT2D eigenvalue weighted by Gasteiger charge is -2.22. The normalized spacial score (nSPS) is 17.0. The van der Waals surface area contributed by atoms with Crippen LogP contribution in [0.3, 0.4) is 0 Å². The zero-order valence-corrected chi connectivity index (χ0v) is 22.9. The fraction of sp³-hybridized carbons (Fsp3) is 0.393. The number of ether oxygens (including phenoxy) is 2. The van der Waals surface area contributed by atoms with Gasteiger partial charge in [-0.15, -0.1) is 0 Å². The van der Waals surface area contributed by atoms with Gasteiger partial charge in [-0.2, -0.15) is 0 Å². The molecule has 10 heteroatoms. The molecule has 1 aromatic heterocycles. The minimum atomic E-state index is -0.613. The van der Waals surface area contributed by atoms with E-state index in [2.05, 4.69) is 5.32 Å². The largest absolute Gasteiger partial charge is 0.445 e. The van der Waals surface area contributed by atoms with E-state index in [9.17, 15) is 9.18 Å². The Hall–Kier alpha value is -2.94. The van der Waals surface area contributed by atoms with Gasteiger partial charge in [0.1, 0.15) is 19.1 Å². The molecule has 38 heavy (non-hydrogen) atoms. The van der Waals surface area contributed by atoms with Crippen LogP contribution in [0.25, 0.3) is 11.3 Å². The van der Waals surface area contributed by atoms with Gasteiger partial charge in [0.2, 0.25) is 0 Å². The van der Waals surface area contributed by atoms with Gasteiger partial charge in [0.05, 0.1) is 47.4 Å². The molecule has 0 spiro atoms. The monoisotopic (exact) mass is 560 g/mol. The molecular formula is C28H31Cl2FN4O3. The summed E-state index contributed by atoms with van der Waals surface area (Å²) in [5, 5.41) is 4.48. The molecule has 4 rings (SSSR count). The Kier molecular flexibility index (Phi) is 9.77. The van der Waals surface area contributed by atoms with E-state index >= 15 is 0 Å². The Morgan fingerprint density at radius 2 is 1.84 bits per heavy atom. The van der Waals surface area contributed by atoms with Crippen molar-refractivity contribution < 1.29 is 18.7 Å². The van der Waals surface area contributed by atoms with Gasteiger partial charge < -0.3 is 19.7 Å². The molecular weight excluding hydrogens is 530 g/mol. The molecule has 1 amide bonds. The smallest absolute Gasteiger partial charge is 0.410 e. The van der Waals surface area contributed by atoms with Gasteiger partial charge in [0.25, 0.3) is 0 Å². The summed E-state index contributed by atoms with van der Waals surface area (Å²) >= 11 is 12.6. The maximum atomic E-state index is 13.0. The highest BCUT2D eigenvalue weighted by Gasteiger charge is 2.37. The van der Waals surface area contributed by atoms with Gasteiger partial charge in [-0.05, 0) is 36.6 Å². The number of nitrogens with zero attached hydrogens (tertiary/aromatic N) is 3. The molecule has 2 unspecified atom stereocenters. The second-order valence-electron chi connectivity index (χ2n) is 8.94. The zero-order chi connectivity index (χ0) is 27.1. The molecule has 2 heterocycles. The number of amides is 1. The van der Waals surface area contributed by atoms with Gasteiger partial charge in [-0.1, -0.05) is 67.4 Å². The van der Waals surface area contributed by atoms with Crippen LogP contribution in [0.4, 0.5) is 15.0 Å². The summed E-state index contributed by atoms with van der Waals surface area (Å²) < 4.78 is 24.2. The van der Waals surface area contributed by atoms with E-state index in [-0.39, 0.29) is 25.8 Å². The summed E-state index contributed by atoms with van der Waals surface area (Å²) in [4.78, 5) is 24.2. The van der Waals surface area contributed by atoms with Gasteiger partial charge in [-0.25, -0.2) is 19.2 Å². The number of nitrogens with one attached hydrogen (secondary N) is 1. The highest BCUT2D eigenvalue weighted by Crippen LogP contribution is 2.33. The first-order valence-electron chi connectivity index (χ1n) is 12.7. The zero-order valence-electron chi connectivity index (χ0n) is 21.4. The fourth-order valence-corrected chi connectivity index (χ4v) is 4.92. The molecule has 3 aromatic rings. The molecule has 202 valence electrons. The van der Waals surface area contributed by atoms with Crippen molar-refractivity contribution in [1.29, 1.82) is 0 Å². The maximum absolute atomic E-state index is 13.0. The molecule has 0 saturated carbocycles. The third kappa shape index (κ3) is 6.73. The van der Waals surface area contributed by atoms with Crippen LogP contribution < -0.4 is 5.32 Å². The molecule has 0 aliphatic carbocycles. The Morgan fingerprint density at radius 3 is 2.53 bits per heavy atom. The third-order valence-corrected chi connectivity index (χ3v) is 6.90. The van der Waals surface area contributed by atoms with Gasteiger partial charge in [-0.3, -0.25) is 0 Å². The second kappa shape index (κ2) is 13.2. The predicted octanol–water partition coefficient (Wildman–Crippen LogP) is 6.36. The van der Waals surface area contributed by atoms with E-state index in [1.54, 1.807) is 17.0 Å². The van der Waals surface area contributed by atoms with E-state index in [0.717, 1.165) is 22.5 Å². The first-order valence-corrected chi connectivity index (χ1v) is 13.4. The number of aryl methyl sites for hydroxylation is 2. The highest BCUT2D eigenvalue weighted by atomic mass is 35.5. The number of carbonyl (C=O) groups excluding carboxylic acids is 1. The standard InChI is InChI=1S/C28H31Cl2FN4O3/c1-3-22-26(20-11-10-19(29)14-21(20)30)32-23(4-2)27(33-22)34-24-15-35(16-25(24)37-13-12-31)28(36)38-17-18-8-6-5-7-9-18/h5-11,14,24-25H,3-4,12-13,15-17H2,1-2H3,(H,33,34). The van der Waals surface area contributed by atoms with Crippen molar-refractivity contribution in [2.45, 2.75) is 45.4 Å². The summed E-state index contributed by atoms with van der Waals surface area (Å²) in [5.74, 6) is 0.608. The maximum Gasteiger partial charge on any atom is 0.410 e. The Bertz CT molecular complexity index is 1250. The van der Waals surface area contributed by atoms with E-state index in [0.29, 0.717) is 40.9 Å². The lowest BCUT2D eigenvalue weighted by molar-refractivity contribution is 0.0424. The summed E-state index contributed by atoms with van der Waals surface area (Å²) in [6.45, 7) is 4.09. The molecule has 2 atom stereocenters. The van der Waals surface area contributed by atoms with Crippen LogP contribution >= 0.6 is 23.2 Å². The highest BCUT2D eigenvalue weighted by molar-refractivity contribution is 6.36. The molecule has 0 radical (unpaired) electrons. The third-order valence-electron chi connectivity index (χ3n) is 6.36. The minimum absolute atomic E-state index is 0.0592. The lowest BCUT2D eigenvalue weighted by Crippen LogP contribution is -2.36. The molecule has 7 nitrogen and oxygen atoms in total. The van der Waals surface area contributed by atoms with Crippen LogP contribution in [-0.4, -0.2) is 59.5 Å². The number of hydrogen-bond acceptors (Lipinski definition) is 6. The van der Waals surface area contributed by atoms with Crippen molar-refractivity contribution in [2.24, 2.45) is 0 Å². The topological polar surface area (TPSA) is 76.6 Å². The number of likely N-dealkylation sites (tertiary alicyclic amines) is 1. The summed E-state index contributed by atoms with van der Waals surface area (Å²) in [5.41, 5.74) is 3.89. The van der Waals surface area contributed by atoms with Crippen LogP contribution in [0.5, 0.6) is 0 Å². The summed E-state index contributed by atoms with van der Waals surface area (Å²) in [7, 11) is 0. The average molecular weight is 561 g/mol. The second-order valence-corrected chi connectivity index (χ2v) is 9.78. The molecule has 1 fully saturated rings. The van der Waals surface area contributed by atoms with Crippen LogP contribution in [0.1, 0.15) is 30.8 Å². The van der Waals surface area contributed by atoms with Crippen LogP contribution in [0.15, 0.2) is 48.5 Å². The predicted molar refractivity (Wildman–Crippen MR) is 148 cm³/mol. The van der Waals surface area contributed by atoms with Crippen molar-refractivity contribution in [1.82, 2.24) is 14.9 Å². The minimum Gasteiger partial charge on any atom is -0.445 e. The number of aromatic nitrogens is 2. The number of anilines is 1. The van der Waals surface area contributed by atoms with Crippen molar-refractivity contribution in [3.8, 4) is 11.3 Å². The van der Waals surface area contributed by atoms with E-state index in [1.165, 1.54) is 0 Å². The molecule has 1 saturated heterocycles. The first kappa shape index (κ1) is 28.1. The quantitative estimate of drug-likeness (QED) is 0.310. The van der Waals surface area contributed by atoms with Crippen molar-refractivity contribution >= 4 is 35.1 Å². The molecule has 1 aliphatic heterocycles. The molecule has 1 N–H and O–H groups in total. The Balaban J connectivity index is 1.54. The van der Waals surface area contributed by atoms with Gasteiger partial charge >= 0.3 is 6.09 Å². The Morgan fingerprint density at radius 1 is 1.08 bits per heavy atom. The van der Waals surface area contributed by atoms with E-state index in [4.69, 9.17) is 42.6 Å². The van der Waals surface area contributed by atoms with Crippen molar-refractivity contribution in [2.75, 3.05) is 31.7 Å². The molecule has 0 bridgehead atoms. The Labute approximate surface area is 232 Å². The van der Waals surface area contributed by atoms with Crippen LogP contribution in [-0.2, 0) is 28.9 Å². The van der Waals surface area contributed by atoms with Gasteiger partial charge in [0, 0.05) is 17.1 Å².